The molecule has 1 amide bonds. The minimum absolute atomic E-state index is 0.0198. The Hall–Kier alpha value is -1.44. The molecular weight excluding hydrogens is 316 g/mol. The maximum Gasteiger partial charge on any atom is 0.243 e. The molecule has 2 aliphatic rings. The molecule has 0 aliphatic carbocycles. The molecule has 2 aliphatic heterocycles. The van der Waals surface area contributed by atoms with Gasteiger partial charge in [0.15, 0.2) is 0 Å². The number of nitrogens with one attached hydrogen (secondary N) is 1. The van der Waals surface area contributed by atoms with Crippen LogP contribution in [0.25, 0.3) is 0 Å². The number of morpholine rings is 1. The Balaban J connectivity index is 1.98. The summed E-state index contributed by atoms with van der Waals surface area (Å²) in [7, 11) is -3.59. The summed E-state index contributed by atoms with van der Waals surface area (Å²) in [6.07, 6.45) is 1.89. The zero-order valence-electron chi connectivity index (χ0n) is 13.5. The van der Waals surface area contributed by atoms with Crippen molar-refractivity contribution in [2.45, 2.75) is 43.5 Å². The van der Waals surface area contributed by atoms with Gasteiger partial charge in [0.25, 0.3) is 0 Å². The van der Waals surface area contributed by atoms with Crippen LogP contribution in [0.1, 0.15) is 32.3 Å². The Kier molecular flexibility index (Phi) is 4.20. The van der Waals surface area contributed by atoms with E-state index in [2.05, 4.69) is 5.32 Å². The number of aryl methyl sites for hydroxylation is 1. The zero-order valence-corrected chi connectivity index (χ0v) is 14.3. The predicted molar refractivity (Wildman–Crippen MR) is 86.8 cm³/mol. The van der Waals surface area contributed by atoms with Crippen LogP contribution in [0.15, 0.2) is 23.1 Å². The molecule has 0 spiro atoms. The lowest BCUT2D eigenvalue weighted by atomic mass is 10.1. The fourth-order valence-electron chi connectivity index (χ4n) is 3.13. The number of anilines is 1. The molecular formula is C16H22N2O4S. The highest BCUT2D eigenvalue weighted by molar-refractivity contribution is 7.89. The van der Waals surface area contributed by atoms with E-state index >= 15 is 0 Å². The third-order valence-electron chi connectivity index (χ3n) is 4.36. The number of rotatable bonds is 2. The quantitative estimate of drug-likeness (QED) is 0.891. The van der Waals surface area contributed by atoms with E-state index in [9.17, 15) is 13.2 Å². The van der Waals surface area contributed by atoms with E-state index in [1.807, 2.05) is 13.8 Å². The van der Waals surface area contributed by atoms with Crippen LogP contribution in [-0.4, -0.2) is 43.9 Å². The molecule has 0 bridgehead atoms. The summed E-state index contributed by atoms with van der Waals surface area (Å²) in [6, 6.07) is 4.96. The summed E-state index contributed by atoms with van der Waals surface area (Å²) in [6.45, 7) is 4.88. The number of ether oxygens (including phenoxy) is 1. The first kappa shape index (κ1) is 16.4. The number of hydrogen-bond acceptors (Lipinski definition) is 4. The molecule has 1 aromatic rings. The van der Waals surface area contributed by atoms with Gasteiger partial charge < -0.3 is 10.1 Å². The predicted octanol–water partition coefficient (Wildman–Crippen LogP) is 1.76. The first-order chi connectivity index (χ1) is 10.8. The number of fused-ring (bicyclic) bond motifs is 1. The number of carbonyl (C=O) groups excluding carboxylic acids is 1. The molecule has 7 heteroatoms. The first-order valence-electron chi connectivity index (χ1n) is 7.84. The van der Waals surface area contributed by atoms with E-state index in [0.29, 0.717) is 38.3 Å². The fraction of sp³-hybridized carbons (Fsp3) is 0.562. The van der Waals surface area contributed by atoms with Crippen molar-refractivity contribution in [3.05, 3.63) is 23.8 Å². The molecule has 126 valence electrons. The summed E-state index contributed by atoms with van der Waals surface area (Å²) < 4.78 is 33.0. The molecule has 0 atom stereocenters. The summed E-state index contributed by atoms with van der Waals surface area (Å²) in [4.78, 5) is 11.9. The van der Waals surface area contributed by atoms with Crippen LogP contribution in [-0.2, 0) is 26.0 Å². The molecule has 0 radical (unpaired) electrons. The van der Waals surface area contributed by atoms with Gasteiger partial charge in [-0.1, -0.05) is 0 Å². The minimum atomic E-state index is -3.59. The standard InChI is InChI=1S/C16H22N2O4S/c1-16(2)11-22-9-8-18(16)23(20,21)13-6-7-14-12(10-13)4-3-5-15(19)17-14/h6-7,10H,3-5,8-9,11H2,1-2H3,(H,17,19). The highest BCUT2D eigenvalue weighted by Crippen LogP contribution is 2.30. The van der Waals surface area contributed by atoms with Crippen molar-refractivity contribution in [2.75, 3.05) is 25.1 Å². The van der Waals surface area contributed by atoms with Crippen LogP contribution >= 0.6 is 0 Å². The second kappa shape index (κ2) is 5.89. The normalized spacial score (nSPS) is 22.1. The first-order valence-corrected chi connectivity index (χ1v) is 9.28. The van der Waals surface area contributed by atoms with Crippen LogP contribution < -0.4 is 5.32 Å². The number of nitrogens with zero attached hydrogens (tertiary/aromatic N) is 1. The van der Waals surface area contributed by atoms with Crippen molar-refractivity contribution < 1.29 is 17.9 Å². The third-order valence-corrected chi connectivity index (χ3v) is 6.46. The van der Waals surface area contributed by atoms with Gasteiger partial charge in [-0.15, -0.1) is 0 Å². The Morgan fingerprint density at radius 3 is 2.78 bits per heavy atom. The Morgan fingerprint density at radius 2 is 2.04 bits per heavy atom. The zero-order chi connectivity index (χ0) is 16.7. The molecule has 0 aromatic heterocycles. The SMILES string of the molecule is CC1(C)COCCN1S(=O)(=O)c1ccc2c(c1)CCCC(=O)N2. The highest BCUT2D eigenvalue weighted by Gasteiger charge is 2.39. The number of benzene rings is 1. The van der Waals surface area contributed by atoms with Crippen molar-refractivity contribution >= 4 is 21.6 Å². The van der Waals surface area contributed by atoms with Crippen LogP contribution in [0.3, 0.4) is 0 Å². The molecule has 1 fully saturated rings. The van der Waals surface area contributed by atoms with E-state index in [0.717, 1.165) is 12.0 Å². The Morgan fingerprint density at radius 1 is 1.26 bits per heavy atom. The molecule has 1 aromatic carbocycles. The Bertz CT molecular complexity index is 728. The van der Waals surface area contributed by atoms with Gasteiger partial charge in [-0.05, 0) is 50.5 Å². The maximum absolute atomic E-state index is 13.0. The number of carbonyl (C=O) groups is 1. The van der Waals surface area contributed by atoms with E-state index in [1.165, 1.54) is 4.31 Å². The monoisotopic (exact) mass is 338 g/mol. The van der Waals surface area contributed by atoms with Crippen molar-refractivity contribution in [3.63, 3.8) is 0 Å². The van der Waals surface area contributed by atoms with E-state index in [4.69, 9.17) is 4.74 Å². The van der Waals surface area contributed by atoms with Gasteiger partial charge in [0.1, 0.15) is 0 Å². The number of sulfonamides is 1. The summed E-state index contributed by atoms with van der Waals surface area (Å²) >= 11 is 0. The molecule has 0 unspecified atom stereocenters. The lowest BCUT2D eigenvalue weighted by molar-refractivity contribution is -0.116. The average Bonchev–Trinajstić information content (AvgIpc) is 2.66. The average molecular weight is 338 g/mol. The topological polar surface area (TPSA) is 75.7 Å². The smallest absolute Gasteiger partial charge is 0.243 e. The molecule has 2 heterocycles. The summed E-state index contributed by atoms with van der Waals surface area (Å²) in [5.41, 5.74) is 1.02. The van der Waals surface area contributed by atoms with Crippen LogP contribution in [0.4, 0.5) is 5.69 Å². The summed E-state index contributed by atoms with van der Waals surface area (Å²) in [5, 5.41) is 2.83. The van der Waals surface area contributed by atoms with E-state index < -0.39 is 15.6 Å². The molecule has 23 heavy (non-hydrogen) atoms. The van der Waals surface area contributed by atoms with Crippen molar-refractivity contribution in [1.29, 1.82) is 0 Å². The van der Waals surface area contributed by atoms with Gasteiger partial charge in [0, 0.05) is 18.7 Å². The fourth-order valence-corrected chi connectivity index (χ4v) is 4.93. The lowest BCUT2D eigenvalue weighted by Gasteiger charge is -2.40. The van der Waals surface area contributed by atoms with Crippen LogP contribution in [0.5, 0.6) is 0 Å². The maximum atomic E-state index is 13.0. The van der Waals surface area contributed by atoms with E-state index in [-0.39, 0.29) is 10.8 Å². The lowest BCUT2D eigenvalue weighted by Crippen LogP contribution is -2.55. The molecule has 3 rings (SSSR count). The van der Waals surface area contributed by atoms with Gasteiger partial charge in [0.05, 0.1) is 23.6 Å². The second-order valence-corrected chi connectivity index (χ2v) is 8.53. The molecule has 1 N–H and O–H groups in total. The van der Waals surface area contributed by atoms with Crippen LogP contribution in [0.2, 0.25) is 0 Å². The van der Waals surface area contributed by atoms with E-state index in [1.54, 1.807) is 18.2 Å². The van der Waals surface area contributed by atoms with Crippen molar-refractivity contribution in [3.8, 4) is 0 Å². The number of hydrogen-bond donors (Lipinski definition) is 1. The third kappa shape index (κ3) is 3.13. The van der Waals surface area contributed by atoms with Gasteiger partial charge in [0.2, 0.25) is 15.9 Å². The van der Waals surface area contributed by atoms with Crippen molar-refractivity contribution in [2.24, 2.45) is 0 Å². The largest absolute Gasteiger partial charge is 0.378 e. The van der Waals surface area contributed by atoms with Gasteiger partial charge in [-0.2, -0.15) is 4.31 Å². The minimum Gasteiger partial charge on any atom is -0.378 e. The van der Waals surface area contributed by atoms with Crippen LogP contribution in [0, 0.1) is 0 Å². The molecule has 0 saturated carbocycles. The number of amides is 1. The molecule has 1 saturated heterocycles. The van der Waals surface area contributed by atoms with Crippen molar-refractivity contribution in [1.82, 2.24) is 4.31 Å². The van der Waals surface area contributed by atoms with Gasteiger partial charge in [-0.3, -0.25) is 4.79 Å². The van der Waals surface area contributed by atoms with Gasteiger partial charge >= 0.3 is 0 Å². The Labute approximate surface area is 136 Å². The summed E-state index contributed by atoms with van der Waals surface area (Å²) in [5.74, 6) is -0.0198. The molecule has 6 nitrogen and oxygen atoms in total. The highest BCUT2D eigenvalue weighted by atomic mass is 32.2. The second-order valence-electron chi connectivity index (χ2n) is 6.66. The van der Waals surface area contributed by atoms with Gasteiger partial charge in [-0.25, -0.2) is 8.42 Å².